The Labute approximate surface area is 297 Å². The van der Waals surface area contributed by atoms with Crippen molar-refractivity contribution >= 4 is 32.6 Å². The van der Waals surface area contributed by atoms with Gasteiger partial charge < -0.3 is 0 Å². The van der Waals surface area contributed by atoms with Crippen LogP contribution in [0.4, 0.5) is 0 Å². The molecular formula is C49H34N2. The van der Waals surface area contributed by atoms with E-state index in [1.54, 1.807) is 0 Å². The minimum atomic E-state index is -0.402. The van der Waals surface area contributed by atoms with Gasteiger partial charge in [-0.25, -0.2) is 4.98 Å². The zero-order chi connectivity index (χ0) is 33.7. The van der Waals surface area contributed by atoms with E-state index in [-0.39, 0.29) is 0 Å². The lowest BCUT2D eigenvalue weighted by molar-refractivity contribution is 0.802. The Hall–Kier alpha value is -6.25. The Morgan fingerprint density at radius 1 is 0.529 bits per heavy atom. The lowest BCUT2D eigenvalue weighted by Crippen LogP contribution is -2.26. The van der Waals surface area contributed by atoms with Crippen LogP contribution in [0.5, 0.6) is 0 Å². The van der Waals surface area contributed by atoms with Crippen molar-refractivity contribution in [3.05, 3.63) is 192 Å². The topological polar surface area (TPSA) is 17.8 Å². The van der Waals surface area contributed by atoms with Crippen LogP contribution in [-0.4, -0.2) is 9.55 Å². The highest BCUT2D eigenvalue weighted by molar-refractivity contribution is 6.11. The fourth-order valence-corrected chi connectivity index (χ4v) is 9.51. The molecule has 2 heteroatoms. The van der Waals surface area contributed by atoms with Gasteiger partial charge in [-0.1, -0.05) is 140 Å². The summed E-state index contributed by atoms with van der Waals surface area (Å²) in [6.07, 6.45) is 1.99. The molecule has 9 aromatic rings. The zero-order valence-corrected chi connectivity index (χ0v) is 28.4. The first kappa shape index (κ1) is 28.6. The number of hydrogen-bond acceptors (Lipinski definition) is 1. The van der Waals surface area contributed by atoms with Crippen LogP contribution < -0.4 is 0 Å². The minimum Gasteiger partial charge on any atom is -0.296 e. The second-order valence-corrected chi connectivity index (χ2v) is 14.1. The van der Waals surface area contributed by atoms with Crippen molar-refractivity contribution in [1.82, 2.24) is 9.55 Å². The van der Waals surface area contributed by atoms with E-state index >= 15 is 0 Å². The first-order chi connectivity index (χ1) is 25.3. The molecule has 11 rings (SSSR count). The molecule has 0 unspecified atom stereocenters. The maximum Gasteiger partial charge on any atom is 0.114 e. The predicted molar refractivity (Wildman–Crippen MR) is 212 cm³/mol. The van der Waals surface area contributed by atoms with Gasteiger partial charge in [0.2, 0.25) is 0 Å². The molecule has 0 radical (unpaired) electrons. The summed E-state index contributed by atoms with van der Waals surface area (Å²) in [6, 6.07) is 61.1. The van der Waals surface area contributed by atoms with E-state index in [2.05, 4.69) is 175 Å². The highest BCUT2D eigenvalue weighted by Crippen LogP contribution is 2.65. The molecule has 0 saturated carbocycles. The maximum absolute atomic E-state index is 5.02. The first-order valence-corrected chi connectivity index (χ1v) is 18.1. The van der Waals surface area contributed by atoms with E-state index in [0.717, 1.165) is 35.4 Å². The summed E-state index contributed by atoms with van der Waals surface area (Å²) in [6.45, 7) is 2.22. The van der Waals surface area contributed by atoms with Gasteiger partial charge in [0.05, 0.1) is 16.4 Å². The molecule has 0 bridgehead atoms. The number of imidazole rings is 1. The van der Waals surface area contributed by atoms with Crippen molar-refractivity contribution in [2.45, 2.75) is 25.2 Å². The lowest BCUT2D eigenvalue weighted by atomic mass is 9.69. The van der Waals surface area contributed by atoms with Gasteiger partial charge in [0.25, 0.3) is 0 Å². The Morgan fingerprint density at radius 2 is 1.25 bits per heavy atom. The molecule has 0 N–H and O–H groups in total. The van der Waals surface area contributed by atoms with E-state index in [1.807, 2.05) is 0 Å². The summed E-state index contributed by atoms with van der Waals surface area (Å²) in [5.41, 5.74) is 16.3. The molecule has 2 nitrogen and oxygen atoms in total. The molecule has 0 amide bonds. The van der Waals surface area contributed by atoms with Gasteiger partial charge in [0.1, 0.15) is 5.82 Å². The Bertz CT molecular complexity index is 2840. The number of aromatic nitrogens is 2. The summed E-state index contributed by atoms with van der Waals surface area (Å²) in [4.78, 5) is 5.02. The van der Waals surface area contributed by atoms with Crippen molar-refractivity contribution in [3.8, 4) is 39.1 Å². The van der Waals surface area contributed by atoms with Crippen LogP contribution in [-0.2, 0) is 11.8 Å². The van der Waals surface area contributed by atoms with E-state index in [4.69, 9.17) is 4.98 Å². The number of nitrogens with zero attached hydrogens (tertiary/aromatic N) is 2. The molecule has 8 aromatic carbocycles. The fourth-order valence-electron chi connectivity index (χ4n) is 9.51. The summed E-state index contributed by atoms with van der Waals surface area (Å²) in [7, 11) is 0. The number of benzene rings is 8. The van der Waals surface area contributed by atoms with Crippen LogP contribution in [0, 0.1) is 0 Å². The van der Waals surface area contributed by atoms with Crippen LogP contribution >= 0.6 is 0 Å². The average molecular weight is 651 g/mol. The molecule has 0 atom stereocenters. The van der Waals surface area contributed by atoms with Gasteiger partial charge in [0, 0.05) is 12.1 Å². The van der Waals surface area contributed by atoms with Crippen molar-refractivity contribution < 1.29 is 0 Å². The van der Waals surface area contributed by atoms with E-state index in [1.165, 1.54) is 77.2 Å². The molecule has 0 saturated heterocycles. The molecule has 1 spiro atoms. The largest absolute Gasteiger partial charge is 0.296 e. The number of aryl methyl sites for hydroxylation is 1. The lowest BCUT2D eigenvalue weighted by Gasteiger charge is -2.31. The third-order valence-electron chi connectivity index (χ3n) is 11.5. The molecule has 1 heterocycles. The van der Waals surface area contributed by atoms with Gasteiger partial charge in [-0.15, -0.1) is 0 Å². The third kappa shape index (κ3) is 3.80. The Morgan fingerprint density at radius 3 is 2.10 bits per heavy atom. The van der Waals surface area contributed by atoms with Gasteiger partial charge in [0.15, 0.2) is 0 Å². The summed E-state index contributed by atoms with van der Waals surface area (Å²) >= 11 is 0. The second-order valence-electron chi connectivity index (χ2n) is 14.1. The molecule has 51 heavy (non-hydrogen) atoms. The molecule has 2 aliphatic rings. The molecule has 0 fully saturated rings. The van der Waals surface area contributed by atoms with Gasteiger partial charge in [-0.3, -0.25) is 4.57 Å². The van der Waals surface area contributed by atoms with Gasteiger partial charge >= 0.3 is 0 Å². The average Bonchev–Trinajstić information content (AvgIpc) is 3.82. The van der Waals surface area contributed by atoms with Crippen LogP contribution in [0.1, 0.15) is 41.4 Å². The molecule has 0 aliphatic heterocycles. The third-order valence-corrected chi connectivity index (χ3v) is 11.5. The number of fused-ring (bicyclic) bond motifs is 15. The molecule has 2 aliphatic carbocycles. The van der Waals surface area contributed by atoms with Crippen LogP contribution in [0.25, 0.3) is 71.6 Å². The van der Waals surface area contributed by atoms with E-state index in [9.17, 15) is 0 Å². The van der Waals surface area contributed by atoms with Crippen LogP contribution in [0.15, 0.2) is 164 Å². The first-order valence-electron chi connectivity index (χ1n) is 18.1. The number of para-hydroxylation sites is 2. The number of hydrogen-bond donors (Lipinski definition) is 0. The summed E-state index contributed by atoms with van der Waals surface area (Å²) < 4.78 is 2.34. The van der Waals surface area contributed by atoms with Crippen molar-refractivity contribution in [3.63, 3.8) is 0 Å². The quantitative estimate of drug-likeness (QED) is 0.185. The standard InChI is InChI=1S/C49H34N2/c1-2-12-46-50-44-21-9-10-22-45(44)51(46)35-15-11-14-32(30-35)33-23-26-37-34(29-33)24-27-40-47-36-16-4-3-13-31(36)25-28-43(47)49(48(37)40)41-19-7-5-17-38(41)39-18-6-8-20-42(39)49/h3-11,13-30H,2,12H2,1H3. The Balaban J connectivity index is 1.16. The maximum atomic E-state index is 5.02. The zero-order valence-electron chi connectivity index (χ0n) is 28.4. The highest BCUT2D eigenvalue weighted by atomic mass is 15.1. The van der Waals surface area contributed by atoms with Crippen molar-refractivity contribution in [2.75, 3.05) is 0 Å². The molecule has 240 valence electrons. The smallest absolute Gasteiger partial charge is 0.114 e. The SMILES string of the molecule is CCCc1nc2ccccc2n1-c1cccc(-c2ccc3c4c(ccc3c2)-c2c(ccc3ccccc23)C42c3ccccc3-c3ccccc32)c1. The molecular weight excluding hydrogens is 617 g/mol. The Kier molecular flexibility index (Phi) is 5.95. The summed E-state index contributed by atoms with van der Waals surface area (Å²) in [5.74, 6) is 1.11. The predicted octanol–water partition coefficient (Wildman–Crippen LogP) is 12.3. The fraction of sp³-hybridized carbons (Fsp3) is 0.0816. The van der Waals surface area contributed by atoms with Crippen molar-refractivity contribution in [2.24, 2.45) is 0 Å². The van der Waals surface area contributed by atoms with Crippen molar-refractivity contribution in [1.29, 1.82) is 0 Å². The monoisotopic (exact) mass is 650 g/mol. The minimum absolute atomic E-state index is 0.402. The van der Waals surface area contributed by atoms with Crippen LogP contribution in [0.2, 0.25) is 0 Å². The van der Waals surface area contributed by atoms with Gasteiger partial charge in [-0.2, -0.15) is 0 Å². The van der Waals surface area contributed by atoms with E-state index < -0.39 is 5.41 Å². The summed E-state index contributed by atoms with van der Waals surface area (Å²) in [5, 5.41) is 5.17. The number of rotatable bonds is 4. The normalized spacial score (nSPS) is 13.5. The van der Waals surface area contributed by atoms with E-state index in [0.29, 0.717) is 0 Å². The second kappa shape index (κ2) is 10.6. The molecule has 1 aromatic heterocycles. The highest BCUT2D eigenvalue weighted by Gasteiger charge is 2.52. The van der Waals surface area contributed by atoms with Crippen LogP contribution in [0.3, 0.4) is 0 Å². The van der Waals surface area contributed by atoms with Gasteiger partial charge in [-0.05, 0) is 114 Å².